The molecule has 1 amide bonds. The molecule has 4 aliphatic rings. The minimum atomic E-state index is -3.90. The Balaban J connectivity index is 1.39. The van der Waals surface area contributed by atoms with Gasteiger partial charge in [-0.3, -0.25) is 4.79 Å². The average molecular weight is 657 g/mol. The maximum atomic E-state index is 13.5. The molecule has 1 saturated carbocycles. The summed E-state index contributed by atoms with van der Waals surface area (Å²) in [5.74, 6) is 1.85. The number of carbonyl (C=O) groups is 1. The zero-order chi connectivity index (χ0) is 31.8. The van der Waals surface area contributed by atoms with Gasteiger partial charge in [0.25, 0.3) is 5.91 Å². The third-order valence-corrected chi connectivity index (χ3v) is 12.6. The number of fused-ring (bicyclic) bond motifs is 4. The molecule has 1 spiro atoms. The van der Waals surface area contributed by atoms with Gasteiger partial charge in [0.1, 0.15) is 11.5 Å². The number of amides is 1. The van der Waals surface area contributed by atoms with Crippen molar-refractivity contribution in [3.8, 4) is 11.5 Å². The predicted octanol–water partition coefficient (Wildman–Crippen LogP) is 6.30. The molecular formula is C35H45ClN2O6S. The van der Waals surface area contributed by atoms with E-state index in [0.717, 1.165) is 57.3 Å². The summed E-state index contributed by atoms with van der Waals surface area (Å²) in [6.07, 6.45) is 11.8. The summed E-state index contributed by atoms with van der Waals surface area (Å²) >= 11 is 6.57. The standard InChI is InChI=1S/C35H45ClN2O6S/c1-23-16-24(13-15-42-2)6-4-7-25-9-10-28(25)20-38-21-35(14-5-8-26-17-30(36)33(43-3)19-29(26)35)22-44-32-12-11-27(18-31(32)38)34(39)37-45(23,40)41/h4,6,11-12,17-19,23-25,28H,5,7-10,13-16,20-22H2,1-3H3,(H,37,39)/b6-4+/t23-,24-,25+,28+,35+/m1/s1. The molecule has 0 aromatic heterocycles. The summed E-state index contributed by atoms with van der Waals surface area (Å²) in [6, 6.07) is 9.44. The van der Waals surface area contributed by atoms with Crippen LogP contribution in [-0.4, -0.2) is 60.1 Å². The van der Waals surface area contributed by atoms with Crippen LogP contribution in [0.4, 0.5) is 5.69 Å². The molecule has 0 radical (unpaired) electrons. The number of ether oxygens (including phenoxy) is 3. The fraction of sp³-hybridized carbons (Fsp3) is 0.571. The van der Waals surface area contributed by atoms with Crippen LogP contribution in [0.25, 0.3) is 0 Å². The molecule has 6 rings (SSSR count). The minimum Gasteiger partial charge on any atom is -0.495 e. The van der Waals surface area contributed by atoms with E-state index in [9.17, 15) is 13.2 Å². The first-order valence-electron chi connectivity index (χ1n) is 16.2. The van der Waals surface area contributed by atoms with Crippen molar-refractivity contribution < 1.29 is 27.4 Å². The summed E-state index contributed by atoms with van der Waals surface area (Å²) in [7, 11) is -0.597. The lowest BCUT2D eigenvalue weighted by Gasteiger charge is -2.44. The van der Waals surface area contributed by atoms with Crippen LogP contribution in [-0.2, 0) is 26.6 Å². The molecule has 244 valence electrons. The summed E-state index contributed by atoms with van der Waals surface area (Å²) < 4.78 is 46.6. The number of sulfonamides is 1. The van der Waals surface area contributed by atoms with E-state index in [-0.39, 0.29) is 11.3 Å². The number of anilines is 1. The highest BCUT2D eigenvalue weighted by Crippen LogP contribution is 2.48. The van der Waals surface area contributed by atoms with Crippen LogP contribution in [0, 0.1) is 17.8 Å². The smallest absolute Gasteiger partial charge is 0.264 e. The molecule has 2 aromatic rings. The molecule has 45 heavy (non-hydrogen) atoms. The van der Waals surface area contributed by atoms with Gasteiger partial charge in [0.15, 0.2) is 0 Å². The molecule has 0 unspecified atom stereocenters. The van der Waals surface area contributed by atoms with Crippen molar-refractivity contribution >= 4 is 33.2 Å². The lowest BCUT2D eigenvalue weighted by Crippen LogP contribution is -2.48. The van der Waals surface area contributed by atoms with Crippen LogP contribution in [0.3, 0.4) is 0 Å². The molecule has 1 fully saturated rings. The number of carbonyl (C=O) groups excluding carboxylic acids is 1. The number of methoxy groups -OCH3 is 2. The first kappa shape index (κ1) is 32.2. The number of nitrogens with zero attached hydrogens (tertiary/aromatic N) is 1. The van der Waals surface area contributed by atoms with E-state index in [1.165, 1.54) is 17.5 Å². The molecule has 2 bridgehead atoms. The van der Waals surface area contributed by atoms with Gasteiger partial charge in [0.05, 0.1) is 29.7 Å². The van der Waals surface area contributed by atoms with Crippen molar-refractivity contribution in [3.05, 3.63) is 64.2 Å². The Morgan fingerprint density at radius 2 is 1.98 bits per heavy atom. The number of nitrogens with one attached hydrogen (secondary N) is 1. The van der Waals surface area contributed by atoms with Gasteiger partial charge in [-0.05, 0) is 118 Å². The second kappa shape index (κ2) is 13.2. The van der Waals surface area contributed by atoms with E-state index in [2.05, 4.69) is 27.8 Å². The Morgan fingerprint density at radius 1 is 1.16 bits per heavy atom. The number of halogens is 1. The molecular weight excluding hydrogens is 612 g/mol. The summed E-state index contributed by atoms with van der Waals surface area (Å²) in [5.41, 5.74) is 3.29. The molecule has 5 atom stereocenters. The molecule has 2 aliphatic carbocycles. The van der Waals surface area contributed by atoms with Crippen LogP contribution in [0.2, 0.25) is 5.02 Å². The van der Waals surface area contributed by atoms with Crippen LogP contribution in [0.15, 0.2) is 42.5 Å². The molecule has 8 nitrogen and oxygen atoms in total. The molecule has 2 heterocycles. The molecule has 10 heteroatoms. The molecule has 1 N–H and O–H groups in total. The Bertz CT molecular complexity index is 1560. The van der Waals surface area contributed by atoms with Crippen molar-refractivity contribution in [2.45, 2.75) is 69.0 Å². The maximum Gasteiger partial charge on any atom is 0.264 e. The highest BCUT2D eigenvalue weighted by atomic mass is 35.5. The topological polar surface area (TPSA) is 94.2 Å². The van der Waals surface area contributed by atoms with Crippen molar-refractivity contribution in [3.63, 3.8) is 0 Å². The van der Waals surface area contributed by atoms with Crippen LogP contribution < -0.4 is 19.1 Å². The van der Waals surface area contributed by atoms with E-state index in [4.69, 9.17) is 25.8 Å². The van der Waals surface area contributed by atoms with Crippen LogP contribution >= 0.6 is 11.6 Å². The maximum absolute atomic E-state index is 13.5. The third-order valence-electron chi connectivity index (χ3n) is 10.6. The van der Waals surface area contributed by atoms with E-state index in [1.807, 2.05) is 18.2 Å². The van der Waals surface area contributed by atoms with Gasteiger partial charge in [-0.2, -0.15) is 0 Å². The van der Waals surface area contributed by atoms with Gasteiger partial charge in [-0.1, -0.05) is 23.8 Å². The number of hydrogen-bond acceptors (Lipinski definition) is 7. The van der Waals surface area contributed by atoms with Gasteiger partial charge in [0, 0.05) is 37.8 Å². The number of allylic oxidation sites excluding steroid dienone is 2. The van der Waals surface area contributed by atoms with Crippen LogP contribution in [0.1, 0.15) is 73.4 Å². The van der Waals surface area contributed by atoms with Crippen molar-refractivity contribution in [2.24, 2.45) is 17.8 Å². The number of benzene rings is 2. The van der Waals surface area contributed by atoms with Crippen molar-refractivity contribution in [1.29, 1.82) is 0 Å². The SMILES string of the molecule is COCC[C@H]1/C=C/C[C@H]2CC[C@H]2CN2C[C@@]3(CCCc4cc(Cl)c(OC)cc43)COc3ccc(cc32)C(=O)NS(=O)(=O)[C@H](C)C1. The summed E-state index contributed by atoms with van der Waals surface area (Å²) in [4.78, 5) is 15.9. The average Bonchev–Trinajstić information content (AvgIpc) is 3.15. The molecule has 2 aliphatic heterocycles. The van der Waals surface area contributed by atoms with E-state index < -0.39 is 21.2 Å². The van der Waals surface area contributed by atoms with E-state index in [0.29, 0.717) is 53.6 Å². The Kier molecular flexibility index (Phi) is 9.42. The Hall–Kier alpha value is -2.75. The zero-order valence-corrected chi connectivity index (χ0v) is 28.1. The number of aryl methyl sites for hydroxylation is 1. The van der Waals surface area contributed by atoms with Gasteiger partial charge in [0.2, 0.25) is 10.0 Å². The highest BCUT2D eigenvalue weighted by Gasteiger charge is 2.44. The summed E-state index contributed by atoms with van der Waals surface area (Å²) in [5, 5.41) is -0.124. The number of rotatable bonds is 4. The van der Waals surface area contributed by atoms with Crippen molar-refractivity contribution in [2.75, 3.05) is 45.4 Å². The first-order valence-corrected chi connectivity index (χ1v) is 18.1. The lowest BCUT2D eigenvalue weighted by atomic mass is 9.69. The normalized spacial score (nSPS) is 30.1. The Morgan fingerprint density at radius 3 is 2.73 bits per heavy atom. The minimum absolute atomic E-state index is 0.0448. The Labute approximate surface area is 272 Å². The van der Waals surface area contributed by atoms with Crippen LogP contribution in [0.5, 0.6) is 11.5 Å². The first-order chi connectivity index (χ1) is 21.6. The van der Waals surface area contributed by atoms with Gasteiger partial charge < -0.3 is 19.1 Å². The monoisotopic (exact) mass is 656 g/mol. The zero-order valence-electron chi connectivity index (χ0n) is 26.5. The summed E-state index contributed by atoms with van der Waals surface area (Å²) in [6.45, 7) is 4.27. The number of hydrogen-bond donors (Lipinski definition) is 1. The largest absolute Gasteiger partial charge is 0.495 e. The van der Waals surface area contributed by atoms with Crippen molar-refractivity contribution in [1.82, 2.24) is 4.72 Å². The fourth-order valence-corrected chi connectivity index (χ4v) is 9.08. The molecule has 2 aromatic carbocycles. The lowest BCUT2D eigenvalue weighted by molar-refractivity contribution is 0.0981. The van der Waals surface area contributed by atoms with Gasteiger partial charge in [-0.15, -0.1) is 0 Å². The fourth-order valence-electron chi connectivity index (χ4n) is 7.74. The molecule has 0 saturated heterocycles. The second-order valence-electron chi connectivity index (χ2n) is 13.5. The van der Waals surface area contributed by atoms with E-state index in [1.54, 1.807) is 27.2 Å². The van der Waals surface area contributed by atoms with E-state index >= 15 is 0 Å². The third kappa shape index (κ3) is 6.58. The van der Waals surface area contributed by atoms with Gasteiger partial charge in [-0.25, -0.2) is 13.1 Å². The second-order valence-corrected chi connectivity index (χ2v) is 16.0. The van der Waals surface area contributed by atoms with Gasteiger partial charge >= 0.3 is 0 Å². The quantitative estimate of drug-likeness (QED) is 0.386. The highest BCUT2D eigenvalue weighted by molar-refractivity contribution is 7.90. The predicted molar refractivity (Wildman–Crippen MR) is 177 cm³/mol.